The van der Waals surface area contributed by atoms with E-state index in [2.05, 4.69) is 5.32 Å². The van der Waals surface area contributed by atoms with Gasteiger partial charge in [0.15, 0.2) is 0 Å². The van der Waals surface area contributed by atoms with E-state index in [0.717, 1.165) is 38.9 Å². The summed E-state index contributed by atoms with van der Waals surface area (Å²) in [5.74, 6) is -0.0649. The molecular weight excluding hydrogens is 180 g/mol. The Kier molecular flexibility index (Phi) is 3.03. The van der Waals surface area contributed by atoms with Crippen molar-refractivity contribution in [1.82, 2.24) is 10.2 Å². The van der Waals surface area contributed by atoms with Gasteiger partial charge in [-0.25, -0.2) is 0 Å². The van der Waals surface area contributed by atoms with E-state index in [1.807, 2.05) is 4.90 Å². The Labute approximate surface area is 84.3 Å². The second-order valence-electron chi connectivity index (χ2n) is 4.19. The van der Waals surface area contributed by atoms with E-state index >= 15 is 0 Å². The summed E-state index contributed by atoms with van der Waals surface area (Å²) in [6, 6.07) is 0.311. The zero-order valence-electron chi connectivity index (χ0n) is 8.41. The van der Waals surface area contributed by atoms with Crippen molar-refractivity contribution in [1.29, 1.82) is 0 Å². The molecule has 2 heterocycles. The summed E-state index contributed by atoms with van der Waals surface area (Å²) < 4.78 is 0. The van der Waals surface area contributed by atoms with Gasteiger partial charge in [-0.2, -0.15) is 0 Å². The van der Waals surface area contributed by atoms with E-state index in [0.29, 0.717) is 12.5 Å². The van der Waals surface area contributed by atoms with Crippen LogP contribution in [0.4, 0.5) is 0 Å². The number of likely N-dealkylation sites (tertiary alicyclic amines) is 1. The first-order valence-corrected chi connectivity index (χ1v) is 5.48. The summed E-state index contributed by atoms with van der Waals surface area (Å²) in [6.07, 6.45) is 3.03. The lowest BCUT2D eigenvalue weighted by Gasteiger charge is -2.38. The molecule has 0 bridgehead atoms. The van der Waals surface area contributed by atoms with Gasteiger partial charge < -0.3 is 15.3 Å². The molecule has 0 saturated carbocycles. The van der Waals surface area contributed by atoms with Gasteiger partial charge in [0, 0.05) is 19.1 Å². The van der Waals surface area contributed by atoms with Gasteiger partial charge in [-0.1, -0.05) is 0 Å². The molecular formula is C10H18N2O2. The second-order valence-corrected chi connectivity index (χ2v) is 4.19. The Bertz CT molecular complexity index is 214. The smallest absolute Gasteiger partial charge is 0.251 e. The molecule has 80 valence electrons. The predicted molar refractivity (Wildman–Crippen MR) is 52.8 cm³/mol. The fraction of sp³-hybridized carbons (Fsp3) is 0.900. The van der Waals surface area contributed by atoms with Crippen molar-refractivity contribution >= 4 is 5.91 Å². The molecule has 4 nitrogen and oxygen atoms in total. The maximum Gasteiger partial charge on any atom is 0.251 e. The third-order valence-corrected chi connectivity index (χ3v) is 3.16. The molecule has 1 amide bonds. The topological polar surface area (TPSA) is 52.6 Å². The van der Waals surface area contributed by atoms with Crippen LogP contribution in [0.25, 0.3) is 0 Å². The van der Waals surface area contributed by atoms with Crippen molar-refractivity contribution < 1.29 is 9.90 Å². The Hall–Kier alpha value is -0.610. The molecule has 0 aliphatic carbocycles. The zero-order chi connectivity index (χ0) is 9.97. The Morgan fingerprint density at radius 3 is 2.93 bits per heavy atom. The van der Waals surface area contributed by atoms with Crippen LogP contribution < -0.4 is 5.32 Å². The van der Waals surface area contributed by atoms with Crippen LogP contribution in [0.1, 0.15) is 25.7 Å². The van der Waals surface area contributed by atoms with Crippen LogP contribution in [0.15, 0.2) is 0 Å². The SMILES string of the molecule is O=C1C(O)CCCN1C1CCCNC1. The van der Waals surface area contributed by atoms with Gasteiger partial charge in [0.25, 0.3) is 5.91 Å². The van der Waals surface area contributed by atoms with Gasteiger partial charge in [0.05, 0.1) is 0 Å². The minimum Gasteiger partial charge on any atom is -0.383 e. The van der Waals surface area contributed by atoms with Crippen molar-refractivity contribution in [2.45, 2.75) is 37.8 Å². The highest BCUT2D eigenvalue weighted by atomic mass is 16.3. The molecule has 0 aromatic carbocycles. The van der Waals surface area contributed by atoms with Crippen molar-refractivity contribution in [3.05, 3.63) is 0 Å². The van der Waals surface area contributed by atoms with Crippen molar-refractivity contribution in [2.24, 2.45) is 0 Å². The molecule has 2 aliphatic rings. The first kappa shape index (κ1) is 9.93. The number of piperidine rings is 2. The van der Waals surface area contributed by atoms with Crippen LogP contribution in [0.2, 0.25) is 0 Å². The highest BCUT2D eigenvalue weighted by Crippen LogP contribution is 2.18. The molecule has 0 radical (unpaired) electrons. The number of amides is 1. The average Bonchev–Trinajstić information content (AvgIpc) is 2.23. The zero-order valence-corrected chi connectivity index (χ0v) is 8.41. The van der Waals surface area contributed by atoms with Gasteiger partial charge in [-0.15, -0.1) is 0 Å². The minimum atomic E-state index is -0.745. The normalized spacial score (nSPS) is 34.6. The summed E-state index contributed by atoms with van der Waals surface area (Å²) in [4.78, 5) is 13.5. The summed E-state index contributed by atoms with van der Waals surface area (Å²) in [7, 11) is 0. The van der Waals surface area contributed by atoms with E-state index in [4.69, 9.17) is 0 Å². The molecule has 2 atom stereocenters. The molecule has 0 aromatic rings. The van der Waals surface area contributed by atoms with Crippen LogP contribution in [-0.4, -0.2) is 47.7 Å². The molecule has 0 aromatic heterocycles. The van der Waals surface area contributed by atoms with Gasteiger partial charge in [0.2, 0.25) is 0 Å². The number of hydrogen-bond donors (Lipinski definition) is 2. The van der Waals surface area contributed by atoms with Crippen molar-refractivity contribution in [3.8, 4) is 0 Å². The molecule has 2 saturated heterocycles. The molecule has 2 fully saturated rings. The minimum absolute atomic E-state index is 0.0649. The van der Waals surface area contributed by atoms with Crippen LogP contribution in [-0.2, 0) is 4.79 Å². The molecule has 2 aliphatic heterocycles. The number of aliphatic hydroxyl groups excluding tert-OH is 1. The predicted octanol–water partition coefficient (Wildman–Crippen LogP) is -0.278. The number of rotatable bonds is 1. The fourth-order valence-corrected chi connectivity index (χ4v) is 2.34. The van der Waals surface area contributed by atoms with Gasteiger partial charge in [-0.3, -0.25) is 4.79 Å². The summed E-state index contributed by atoms with van der Waals surface area (Å²) in [6.45, 7) is 2.77. The lowest BCUT2D eigenvalue weighted by atomic mass is 10.0. The molecule has 2 unspecified atom stereocenters. The fourth-order valence-electron chi connectivity index (χ4n) is 2.34. The Balaban J connectivity index is 1.97. The number of aliphatic hydroxyl groups is 1. The monoisotopic (exact) mass is 198 g/mol. The van der Waals surface area contributed by atoms with Gasteiger partial charge >= 0.3 is 0 Å². The number of carbonyl (C=O) groups excluding carboxylic acids is 1. The van der Waals surface area contributed by atoms with Crippen LogP contribution in [0, 0.1) is 0 Å². The molecule has 14 heavy (non-hydrogen) atoms. The maximum absolute atomic E-state index is 11.7. The first-order chi connectivity index (χ1) is 6.79. The van der Waals surface area contributed by atoms with Crippen LogP contribution in [0.5, 0.6) is 0 Å². The number of hydrogen-bond acceptors (Lipinski definition) is 3. The summed E-state index contributed by atoms with van der Waals surface area (Å²) in [5.41, 5.74) is 0. The number of nitrogens with zero attached hydrogens (tertiary/aromatic N) is 1. The molecule has 0 spiro atoms. The summed E-state index contributed by atoms with van der Waals surface area (Å²) >= 11 is 0. The Morgan fingerprint density at radius 1 is 1.36 bits per heavy atom. The third-order valence-electron chi connectivity index (χ3n) is 3.16. The van der Waals surface area contributed by atoms with E-state index in [1.54, 1.807) is 0 Å². The van der Waals surface area contributed by atoms with Gasteiger partial charge in [0.1, 0.15) is 6.10 Å². The van der Waals surface area contributed by atoms with E-state index in [9.17, 15) is 9.90 Å². The van der Waals surface area contributed by atoms with E-state index in [-0.39, 0.29) is 5.91 Å². The van der Waals surface area contributed by atoms with Crippen LogP contribution in [0.3, 0.4) is 0 Å². The van der Waals surface area contributed by atoms with Crippen molar-refractivity contribution in [3.63, 3.8) is 0 Å². The lowest BCUT2D eigenvalue weighted by molar-refractivity contribution is -0.146. The highest BCUT2D eigenvalue weighted by molar-refractivity contribution is 5.81. The average molecular weight is 198 g/mol. The van der Waals surface area contributed by atoms with Crippen LogP contribution >= 0.6 is 0 Å². The molecule has 4 heteroatoms. The van der Waals surface area contributed by atoms with Crippen molar-refractivity contribution in [2.75, 3.05) is 19.6 Å². The summed E-state index contributed by atoms with van der Waals surface area (Å²) in [5, 5.41) is 12.8. The van der Waals surface area contributed by atoms with E-state index < -0.39 is 6.10 Å². The third kappa shape index (κ3) is 1.91. The maximum atomic E-state index is 11.7. The molecule has 2 rings (SSSR count). The number of carbonyl (C=O) groups is 1. The Morgan fingerprint density at radius 2 is 2.21 bits per heavy atom. The first-order valence-electron chi connectivity index (χ1n) is 5.48. The second kappa shape index (κ2) is 4.28. The molecule has 2 N–H and O–H groups in total. The largest absolute Gasteiger partial charge is 0.383 e. The number of nitrogens with one attached hydrogen (secondary N) is 1. The lowest BCUT2D eigenvalue weighted by Crippen LogP contribution is -2.54. The quantitative estimate of drug-likeness (QED) is 0.609. The van der Waals surface area contributed by atoms with Gasteiger partial charge in [-0.05, 0) is 32.2 Å². The van der Waals surface area contributed by atoms with E-state index in [1.165, 1.54) is 0 Å². The highest BCUT2D eigenvalue weighted by Gasteiger charge is 2.32. The standard InChI is InChI=1S/C10H18N2O2/c13-9-4-2-6-12(10(9)14)8-3-1-5-11-7-8/h8-9,11,13H,1-7H2.